The van der Waals surface area contributed by atoms with Crippen molar-refractivity contribution in [1.82, 2.24) is 15.0 Å². The molecule has 0 unspecified atom stereocenters. The number of benzene rings is 1. The smallest absolute Gasteiger partial charge is 0.278 e. The topological polar surface area (TPSA) is 87.7 Å². The summed E-state index contributed by atoms with van der Waals surface area (Å²) in [5.74, 6) is 0. The summed E-state index contributed by atoms with van der Waals surface area (Å²) in [5, 5.41) is 0.983. The lowest BCUT2D eigenvalue weighted by Crippen LogP contribution is -2.13. The Bertz CT molecular complexity index is 822. The molecule has 3 rings (SSSR count). The van der Waals surface area contributed by atoms with Gasteiger partial charge in [0.15, 0.2) is 5.03 Å². The summed E-state index contributed by atoms with van der Waals surface area (Å²) in [5.41, 5.74) is 1.37. The number of rotatable bonds is 3. The molecule has 3 aromatic rings. The van der Waals surface area contributed by atoms with Crippen molar-refractivity contribution in [2.75, 3.05) is 4.72 Å². The van der Waals surface area contributed by atoms with Gasteiger partial charge in [-0.1, -0.05) is 0 Å². The minimum absolute atomic E-state index is 0.0353. The van der Waals surface area contributed by atoms with Gasteiger partial charge in [0.25, 0.3) is 10.0 Å². The molecular formula is C11H10N4O2S2. The Balaban J connectivity index is 1.97. The molecule has 2 heterocycles. The van der Waals surface area contributed by atoms with Gasteiger partial charge in [-0.3, -0.25) is 4.72 Å². The van der Waals surface area contributed by atoms with Crippen LogP contribution in [0.3, 0.4) is 0 Å². The van der Waals surface area contributed by atoms with E-state index in [9.17, 15) is 8.42 Å². The molecule has 0 amide bonds. The average Bonchev–Trinajstić information content (AvgIpc) is 2.95. The van der Waals surface area contributed by atoms with Crippen LogP contribution in [0.25, 0.3) is 10.2 Å². The van der Waals surface area contributed by atoms with Crippen molar-refractivity contribution in [3.8, 4) is 0 Å². The zero-order valence-corrected chi connectivity index (χ0v) is 11.5. The summed E-state index contributed by atoms with van der Waals surface area (Å²) in [6.45, 7) is 1.92. The number of hydrogen-bond donors (Lipinski definition) is 2. The van der Waals surface area contributed by atoms with E-state index in [0.29, 0.717) is 5.69 Å². The average molecular weight is 294 g/mol. The normalized spacial score (nSPS) is 11.8. The van der Waals surface area contributed by atoms with Crippen molar-refractivity contribution in [3.05, 3.63) is 35.7 Å². The highest BCUT2D eigenvalue weighted by atomic mass is 32.2. The van der Waals surface area contributed by atoms with Gasteiger partial charge < -0.3 is 4.98 Å². The fourth-order valence-corrected chi connectivity index (χ4v) is 3.52. The van der Waals surface area contributed by atoms with E-state index in [1.165, 1.54) is 23.9 Å². The van der Waals surface area contributed by atoms with Gasteiger partial charge in [-0.15, -0.1) is 11.3 Å². The van der Waals surface area contributed by atoms with Gasteiger partial charge >= 0.3 is 0 Å². The Morgan fingerprint density at radius 1 is 1.37 bits per heavy atom. The number of H-pyrrole nitrogens is 1. The largest absolute Gasteiger partial charge is 0.334 e. The number of thiazole rings is 1. The first-order chi connectivity index (χ1) is 9.04. The Morgan fingerprint density at radius 2 is 2.21 bits per heavy atom. The van der Waals surface area contributed by atoms with Crippen LogP contribution in [0.2, 0.25) is 0 Å². The van der Waals surface area contributed by atoms with Crippen LogP contribution >= 0.6 is 11.3 Å². The van der Waals surface area contributed by atoms with Crippen LogP contribution in [0.1, 0.15) is 5.01 Å². The lowest BCUT2D eigenvalue weighted by atomic mass is 10.3. The molecule has 2 aromatic heterocycles. The van der Waals surface area contributed by atoms with E-state index in [-0.39, 0.29) is 5.03 Å². The molecule has 19 heavy (non-hydrogen) atoms. The number of hydrogen-bond acceptors (Lipinski definition) is 5. The summed E-state index contributed by atoms with van der Waals surface area (Å²) in [6.07, 6.45) is 2.59. The first-order valence-corrected chi connectivity index (χ1v) is 7.73. The number of imidazole rings is 1. The number of fused-ring (bicyclic) bond motifs is 1. The quantitative estimate of drug-likeness (QED) is 0.774. The van der Waals surface area contributed by atoms with E-state index in [1.54, 1.807) is 18.2 Å². The molecule has 6 nitrogen and oxygen atoms in total. The summed E-state index contributed by atoms with van der Waals surface area (Å²) in [7, 11) is -3.62. The standard InChI is InChI=1S/C11H10N4O2S2/c1-7-14-9-3-2-8(4-10(9)18-7)15-19(16,17)11-5-12-6-13-11/h2-6,15H,1H3,(H,12,13). The monoisotopic (exact) mass is 294 g/mol. The molecule has 0 spiro atoms. The minimum Gasteiger partial charge on any atom is -0.334 e. The Labute approximate surface area is 113 Å². The maximum Gasteiger partial charge on any atom is 0.278 e. The molecule has 0 aliphatic rings. The molecular weight excluding hydrogens is 284 g/mol. The Morgan fingerprint density at radius 3 is 2.95 bits per heavy atom. The number of aryl methyl sites for hydroxylation is 1. The summed E-state index contributed by atoms with van der Waals surface area (Å²) < 4.78 is 27.5. The van der Waals surface area contributed by atoms with Gasteiger partial charge in [0, 0.05) is 0 Å². The van der Waals surface area contributed by atoms with E-state index in [1.807, 2.05) is 6.92 Å². The van der Waals surface area contributed by atoms with Crippen molar-refractivity contribution in [3.63, 3.8) is 0 Å². The van der Waals surface area contributed by atoms with E-state index >= 15 is 0 Å². The number of nitrogens with one attached hydrogen (secondary N) is 2. The number of sulfonamides is 1. The highest BCUT2D eigenvalue weighted by molar-refractivity contribution is 7.92. The van der Waals surface area contributed by atoms with Gasteiger partial charge in [-0.25, -0.2) is 9.97 Å². The summed E-state index contributed by atoms with van der Waals surface area (Å²) >= 11 is 1.52. The van der Waals surface area contributed by atoms with Crippen molar-refractivity contribution < 1.29 is 8.42 Å². The first-order valence-electron chi connectivity index (χ1n) is 5.43. The molecule has 0 saturated carbocycles. The van der Waals surface area contributed by atoms with Crippen LogP contribution in [0, 0.1) is 6.92 Å². The third-order valence-corrected chi connectivity index (χ3v) is 4.75. The maximum absolute atomic E-state index is 12.0. The first kappa shape index (κ1) is 12.1. The van der Waals surface area contributed by atoms with E-state index < -0.39 is 10.0 Å². The molecule has 8 heteroatoms. The second-order valence-electron chi connectivity index (χ2n) is 3.94. The molecule has 0 bridgehead atoms. The number of aromatic nitrogens is 3. The van der Waals surface area contributed by atoms with Gasteiger partial charge in [0.2, 0.25) is 0 Å². The molecule has 98 valence electrons. The Kier molecular flexibility index (Phi) is 2.76. The molecule has 0 fully saturated rings. The van der Waals surface area contributed by atoms with Crippen molar-refractivity contribution in [1.29, 1.82) is 0 Å². The van der Waals surface area contributed by atoms with E-state index in [0.717, 1.165) is 15.2 Å². The van der Waals surface area contributed by atoms with Crippen LogP contribution in [0.15, 0.2) is 35.7 Å². The van der Waals surface area contributed by atoms with Crippen LogP contribution in [0.5, 0.6) is 0 Å². The predicted molar refractivity (Wildman–Crippen MR) is 73.8 cm³/mol. The molecule has 1 aromatic carbocycles. The van der Waals surface area contributed by atoms with Crippen LogP contribution < -0.4 is 4.72 Å². The molecule has 0 saturated heterocycles. The zero-order chi connectivity index (χ0) is 13.5. The fraction of sp³-hybridized carbons (Fsp3) is 0.0909. The third-order valence-electron chi connectivity index (χ3n) is 2.51. The van der Waals surface area contributed by atoms with Crippen molar-refractivity contribution >= 4 is 37.3 Å². The third kappa shape index (κ3) is 2.32. The van der Waals surface area contributed by atoms with Crippen molar-refractivity contribution in [2.24, 2.45) is 0 Å². The lowest BCUT2D eigenvalue weighted by molar-refractivity contribution is 0.598. The lowest BCUT2D eigenvalue weighted by Gasteiger charge is -2.05. The number of nitrogens with zero attached hydrogens (tertiary/aromatic N) is 2. The second kappa shape index (κ2) is 4.32. The molecule has 0 aliphatic carbocycles. The fourth-order valence-electron chi connectivity index (χ4n) is 1.70. The van der Waals surface area contributed by atoms with Gasteiger partial charge in [0.1, 0.15) is 0 Å². The molecule has 2 N–H and O–H groups in total. The van der Waals surface area contributed by atoms with Crippen LogP contribution in [-0.2, 0) is 10.0 Å². The Hall–Kier alpha value is -1.93. The highest BCUT2D eigenvalue weighted by Crippen LogP contribution is 2.25. The van der Waals surface area contributed by atoms with E-state index in [4.69, 9.17) is 0 Å². The predicted octanol–water partition coefficient (Wildman–Crippen LogP) is 2.13. The zero-order valence-electron chi connectivity index (χ0n) is 9.91. The van der Waals surface area contributed by atoms with E-state index in [2.05, 4.69) is 19.7 Å². The second-order valence-corrected chi connectivity index (χ2v) is 6.82. The summed E-state index contributed by atoms with van der Waals surface area (Å²) in [6, 6.07) is 5.26. The number of aromatic amines is 1. The summed E-state index contributed by atoms with van der Waals surface area (Å²) in [4.78, 5) is 10.6. The van der Waals surface area contributed by atoms with Gasteiger partial charge in [-0.2, -0.15) is 8.42 Å². The van der Waals surface area contributed by atoms with Crippen LogP contribution in [0.4, 0.5) is 5.69 Å². The van der Waals surface area contributed by atoms with Gasteiger partial charge in [-0.05, 0) is 25.1 Å². The minimum atomic E-state index is -3.62. The van der Waals surface area contributed by atoms with Gasteiger partial charge in [0.05, 0.1) is 33.4 Å². The SMILES string of the molecule is Cc1nc2ccc(NS(=O)(=O)c3cnc[nH]3)cc2s1. The molecule has 0 atom stereocenters. The molecule has 0 radical (unpaired) electrons. The van der Waals surface area contributed by atoms with Crippen molar-refractivity contribution in [2.45, 2.75) is 11.9 Å². The highest BCUT2D eigenvalue weighted by Gasteiger charge is 2.15. The molecule has 0 aliphatic heterocycles. The maximum atomic E-state index is 12.0. The van der Waals surface area contributed by atoms with Crippen LogP contribution in [-0.4, -0.2) is 23.4 Å². The number of anilines is 1.